The van der Waals surface area contributed by atoms with Crippen molar-refractivity contribution in [3.05, 3.63) is 59.6 Å². The molecule has 7 heteroatoms. The number of aromatic hydroxyl groups is 1. The second-order valence-electron chi connectivity index (χ2n) is 7.79. The number of rotatable bonds is 3. The molecule has 1 aliphatic heterocycles. The smallest absolute Gasteiger partial charge is 0.245 e. The third-order valence-electron chi connectivity index (χ3n) is 5.71. The van der Waals surface area contributed by atoms with Gasteiger partial charge in [0.05, 0.1) is 0 Å². The fourth-order valence-corrected chi connectivity index (χ4v) is 3.77. The zero-order valence-corrected chi connectivity index (χ0v) is 16.5. The molecule has 154 valence electrons. The molecule has 1 saturated heterocycles. The molecule has 0 unspecified atom stereocenters. The lowest BCUT2D eigenvalue weighted by Crippen LogP contribution is -2.61. The number of benzene rings is 1. The summed E-state index contributed by atoms with van der Waals surface area (Å²) in [6.07, 6.45) is 8.78. The summed E-state index contributed by atoms with van der Waals surface area (Å²) in [5, 5.41) is 9.60. The summed E-state index contributed by atoms with van der Waals surface area (Å²) in [5.41, 5.74) is 14.3. The van der Waals surface area contributed by atoms with Crippen LogP contribution < -0.4 is 11.5 Å². The van der Waals surface area contributed by atoms with Crippen LogP contribution in [0.2, 0.25) is 0 Å². The highest BCUT2D eigenvalue weighted by atomic mass is 19.1. The van der Waals surface area contributed by atoms with Crippen LogP contribution in [-0.2, 0) is 4.79 Å². The first-order valence-corrected chi connectivity index (χ1v) is 9.56. The van der Waals surface area contributed by atoms with E-state index in [9.17, 15) is 14.3 Å². The number of phenolic OH excluding ortho intramolecular Hbond substituents is 1. The zero-order valence-electron chi connectivity index (χ0n) is 16.5. The number of para-hydroxylation sites is 1. The summed E-state index contributed by atoms with van der Waals surface area (Å²) in [6, 6.07) is 4.20. The lowest BCUT2D eigenvalue weighted by atomic mass is 9.63. The number of nitrogens with one attached hydrogen (secondary N) is 1. The molecule has 6 nitrogen and oxygen atoms in total. The van der Waals surface area contributed by atoms with Crippen LogP contribution in [0.15, 0.2) is 37.1 Å². The van der Waals surface area contributed by atoms with Gasteiger partial charge in [-0.3, -0.25) is 4.79 Å². The van der Waals surface area contributed by atoms with E-state index in [1.54, 1.807) is 18.3 Å². The van der Waals surface area contributed by atoms with Crippen molar-refractivity contribution in [2.24, 2.45) is 11.1 Å². The number of halogens is 1. The van der Waals surface area contributed by atoms with Crippen molar-refractivity contribution >= 4 is 23.5 Å². The summed E-state index contributed by atoms with van der Waals surface area (Å²) in [5.74, 6) is -0.588. The number of carbonyl (C=O) groups is 1. The minimum Gasteiger partial charge on any atom is -0.504 e. The molecule has 1 aromatic carbocycles. The molecule has 1 saturated carbocycles. The number of amides is 1. The molecule has 4 rings (SSSR count). The van der Waals surface area contributed by atoms with E-state index >= 15 is 0 Å². The van der Waals surface area contributed by atoms with Crippen molar-refractivity contribution in [1.29, 1.82) is 0 Å². The van der Waals surface area contributed by atoms with Crippen LogP contribution in [-0.4, -0.2) is 34.0 Å². The number of aryl methyl sites for hydroxylation is 1. The molecule has 1 aliphatic carbocycles. The van der Waals surface area contributed by atoms with Crippen LogP contribution >= 0.6 is 0 Å². The Kier molecular flexibility index (Phi) is 5.68. The number of phenols is 1. The highest BCUT2D eigenvalue weighted by molar-refractivity contribution is 5.88. The second kappa shape index (κ2) is 8.03. The van der Waals surface area contributed by atoms with Gasteiger partial charge < -0.3 is 26.5 Å². The highest BCUT2D eigenvalue weighted by Crippen LogP contribution is 2.48. The van der Waals surface area contributed by atoms with E-state index in [4.69, 9.17) is 11.5 Å². The summed E-state index contributed by atoms with van der Waals surface area (Å²) in [7, 11) is 0. The Hall–Kier alpha value is -3.22. The Morgan fingerprint density at radius 2 is 2.07 bits per heavy atom. The van der Waals surface area contributed by atoms with Crippen LogP contribution in [0.5, 0.6) is 5.75 Å². The van der Waals surface area contributed by atoms with E-state index in [2.05, 4.69) is 11.6 Å². The van der Waals surface area contributed by atoms with Gasteiger partial charge in [-0.05, 0) is 49.6 Å². The first-order valence-electron chi connectivity index (χ1n) is 9.56. The summed E-state index contributed by atoms with van der Waals surface area (Å²) in [6.45, 7) is 7.30. The Balaban J connectivity index is 0.000000186. The van der Waals surface area contributed by atoms with Crippen LogP contribution in [0.4, 0.5) is 10.2 Å². The van der Waals surface area contributed by atoms with Crippen molar-refractivity contribution in [3.8, 4) is 5.75 Å². The molecular weight excluding hydrogens is 371 g/mol. The number of nitrogens with zero attached hydrogens (tertiary/aromatic N) is 1. The number of H-pyrrole nitrogens is 1. The van der Waals surface area contributed by atoms with Crippen molar-refractivity contribution in [2.45, 2.75) is 26.2 Å². The normalized spacial score (nSPS) is 17.0. The number of hydrogen-bond donors (Lipinski definition) is 4. The van der Waals surface area contributed by atoms with Gasteiger partial charge >= 0.3 is 0 Å². The Labute approximate surface area is 169 Å². The number of aromatic nitrogens is 1. The Bertz CT molecular complexity index is 932. The lowest BCUT2D eigenvalue weighted by Gasteiger charge is -2.55. The minimum absolute atomic E-state index is 0.0996. The number of nitrogens with two attached hydrogens (primary N) is 2. The van der Waals surface area contributed by atoms with Gasteiger partial charge in [-0.15, -0.1) is 0 Å². The van der Waals surface area contributed by atoms with Gasteiger partial charge in [0.1, 0.15) is 5.82 Å². The van der Waals surface area contributed by atoms with Crippen LogP contribution in [0.3, 0.4) is 0 Å². The number of hydrogen-bond acceptors (Lipinski definition) is 4. The molecule has 2 aromatic rings. The van der Waals surface area contributed by atoms with E-state index in [0.717, 1.165) is 24.2 Å². The molecule has 0 atom stereocenters. The third-order valence-corrected chi connectivity index (χ3v) is 5.71. The summed E-state index contributed by atoms with van der Waals surface area (Å²) in [4.78, 5) is 15.8. The van der Waals surface area contributed by atoms with E-state index in [-0.39, 0.29) is 17.2 Å². The van der Waals surface area contributed by atoms with Crippen molar-refractivity contribution in [1.82, 2.24) is 9.88 Å². The van der Waals surface area contributed by atoms with Crippen LogP contribution in [0, 0.1) is 18.2 Å². The van der Waals surface area contributed by atoms with Gasteiger partial charge in [-0.2, -0.15) is 0 Å². The average molecular weight is 398 g/mol. The SMILES string of the molecule is C=CC(=O)N1CC2(CCC2)C1.Cc1c[nH]c(N)c1/C=C(\N)c1cccc(F)c1O. The Morgan fingerprint density at radius 3 is 2.59 bits per heavy atom. The molecule has 2 aliphatic rings. The number of nitrogen functional groups attached to an aromatic ring is 1. The van der Waals surface area contributed by atoms with Gasteiger partial charge in [-0.1, -0.05) is 19.1 Å². The first-order chi connectivity index (χ1) is 13.8. The average Bonchev–Trinajstić information content (AvgIpc) is 2.94. The zero-order chi connectivity index (χ0) is 21.2. The molecule has 2 heterocycles. The standard InChI is InChI=1S/C13H14FN3O.C9H13NO/c1-7-6-17-13(16)9(7)5-11(15)8-3-2-4-10(14)12(8)18;1-2-8(11)10-6-9(7-10)4-3-5-9/h2-6,17-18H,15-16H2,1H3;2H,1,3-7H2/b11-5-;. The predicted molar refractivity (Wildman–Crippen MR) is 113 cm³/mol. The number of likely N-dealkylation sites (tertiary alicyclic amines) is 1. The molecule has 2 fully saturated rings. The van der Waals surface area contributed by atoms with Gasteiger partial charge in [-0.25, -0.2) is 4.39 Å². The number of carbonyl (C=O) groups excluding carboxylic acids is 1. The molecule has 0 bridgehead atoms. The maximum Gasteiger partial charge on any atom is 0.245 e. The van der Waals surface area contributed by atoms with Gasteiger partial charge in [0.25, 0.3) is 0 Å². The molecule has 1 aromatic heterocycles. The predicted octanol–water partition coefficient (Wildman–Crippen LogP) is 3.39. The van der Waals surface area contributed by atoms with Gasteiger partial charge in [0.15, 0.2) is 11.6 Å². The highest BCUT2D eigenvalue weighted by Gasteiger charge is 2.48. The number of anilines is 1. The maximum absolute atomic E-state index is 13.2. The lowest BCUT2D eigenvalue weighted by molar-refractivity contribution is -0.144. The maximum atomic E-state index is 13.2. The fraction of sp³-hybridized carbons (Fsp3) is 0.318. The molecule has 1 amide bonds. The molecule has 29 heavy (non-hydrogen) atoms. The van der Waals surface area contributed by atoms with Crippen LogP contribution in [0.1, 0.15) is 36.0 Å². The van der Waals surface area contributed by atoms with E-state index in [0.29, 0.717) is 11.2 Å². The fourth-order valence-electron chi connectivity index (χ4n) is 3.77. The van der Waals surface area contributed by atoms with Crippen LogP contribution in [0.25, 0.3) is 11.8 Å². The molecule has 1 spiro atoms. The summed E-state index contributed by atoms with van der Waals surface area (Å²) < 4.78 is 13.2. The van der Waals surface area contributed by atoms with Crippen molar-refractivity contribution in [3.63, 3.8) is 0 Å². The Morgan fingerprint density at radius 1 is 1.38 bits per heavy atom. The molecular formula is C22H27FN4O2. The topological polar surface area (TPSA) is 108 Å². The second-order valence-corrected chi connectivity index (χ2v) is 7.79. The van der Waals surface area contributed by atoms with E-state index < -0.39 is 11.6 Å². The molecule has 6 N–H and O–H groups in total. The minimum atomic E-state index is -0.706. The van der Waals surface area contributed by atoms with Crippen molar-refractivity contribution in [2.75, 3.05) is 18.8 Å². The van der Waals surface area contributed by atoms with E-state index in [1.807, 2.05) is 11.8 Å². The van der Waals surface area contributed by atoms with Gasteiger partial charge in [0, 0.05) is 41.5 Å². The molecule has 0 radical (unpaired) electrons. The van der Waals surface area contributed by atoms with Gasteiger partial charge in [0.2, 0.25) is 5.91 Å². The largest absolute Gasteiger partial charge is 0.504 e. The monoisotopic (exact) mass is 398 g/mol. The van der Waals surface area contributed by atoms with E-state index in [1.165, 1.54) is 37.5 Å². The van der Waals surface area contributed by atoms with Crippen molar-refractivity contribution < 1.29 is 14.3 Å². The first kappa shape index (κ1) is 20.5. The summed E-state index contributed by atoms with van der Waals surface area (Å²) >= 11 is 0. The number of aromatic amines is 1. The quantitative estimate of drug-likeness (QED) is 0.594. The third kappa shape index (κ3) is 4.13.